The lowest BCUT2D eigenvalue weighted by Crippen LogP contribution is -2.25. The molecule has 0 saturated carbocycles. The summed E-state index contributed by atoms with van der Waals surface area (Å²) in [5.41, 5.74) is 1.04. The van der Waals surface area contributed by atoms with Gasteiger partial charge in [-0.2, -0.15) is 0 Å². The van der Waals surface area contributed by atoms with Gasteiger partial charge in [0.2, 0.25) is 0 Å². The van der Waals surface area contributed by atoms with Crippen LogP contribution in [0.2, 0.25) is 0 Å². The van der Waals surface area contributed by atoms with E-state index in [0.29, 0.717) is 17.5 Å². The Morgan fingerprint density at radius 3 is 1.84 bits per heavy atom. The molecule has 32 heavy (non-hydrogen) atoms. The van der Waals surface area contributed by atoms with E-state index in [-0.39, 0.29) is 24.1 Å². The minimum Gasteiger partial charge on any atom is -0.459 e. The molecule has 0 amide bonds. The van der Waals surface area contributed by atoms with E-state index in [0.717, 1.165) is 12.8 Å². The highest BCUT2D eigenvalue weighted by Gasteiger charge is 2.20. The lowest BCUT2D eigenvalue weighted by Gasteiger charge is -2.21. The summed E-state index contributed by atoms with van der Waals surface area (Å²) in [6, 6.07) is 17.8. The van der Waals surface area contributed by atoms with Gasteiger partial charge >= 0.3 is 11.9 Å². The molecule has 0 fully saturated rings. The highest BCUT2D eigenvalue weighted by atomic mass is 16.6. The summed E-state index contributed by atoms with van der Waals surface area (Å²) >= 11 is 0. The van der Waals surface area contributed by atoms with Crippen LogP contribution in [-0.2, 0) is 9.47 Å². The van der Waals surface area contributed by atoms with Crippen LogP contribution in [0.5, 0.6) is 0 Å². The third-order valence-electron chi connectivity index (χ3n) is 4.82. The molecule has 0 N–H and O–H groups in total. The van der Waals surface area contributed by atoms with Crippen molar-refractivity contribution in [2.75, 3.05) is 0 Å². The normalized spacial score (nSPS) is 12.0. The molecule has 2 aromatic rings. The Bertz CT molecular complexity index is 771. The molecule has 0 bridgehead atoms. The van der Waals surface area contributed by atoms with Gasteiger partial charge in [-0.05, 0) is 50.5 Å². The van der Waals surface area contributed by atoms with Crippen LogP contribution >= 0.6 is 0 Å². The SMILES string of the molecule is C=CCCCCC.CCCC(CC(C)OC(=O)c1ccccc1)OC(=O)c1ccccc1. The van der Waals surface area contributed by atoms with Crippen molar-refractivity contribution in [2.45, 2.75) is 77.9 Å². The lowest BCUT2D eigenvalue weighted by atomic mass is 10.1. The van der Waals surface area contributed by atoms with Gasteiger partial charge in [0.25, 0.3) is 0 Å². The maximum atomic E-state index is 12.2. The fourth-order valence-electron chi connectivity index (χ4n) is 3.12. The van der Waals surface area contributed by atoms with E-state index in [4.69, 9.17) is 9.47 Å². The number of allylic oxidation sites excluding steroid dienone is 1. The van der Waals surface area contributed by atoms with Gasteiger partial charge in [-0.25, -0.2) is 9.59 Å². The topological polar surface area (TPSA) is 52.6 Å². The largest absolute Gasteiger partial charge is 0.459 e. The number of unbranched alkanes of at least 4 members (excludes halogenated alkanes) is 3. The Labute approximate surface area is 193 Å². The summed E-state index contributed by atoms with van der Waals surface area (Å²) in [5, 5.41) is 0. The van der Waals surface area contributed by atoms with Crippen molar-refractivity contribution < 1.29 is 19.1 Å². The Hall–Kier alpha value is -2.88. The van der Waals surface area contributed by atoms with Gasteiger partial charge in [-0.3, -0.25) is 0 Å². The summed E-state index contributed by atoms with van der Waals surface area (Å²) in [4.78, 5) is 24.3. The molecule has 2 atom stereocenters. The summed E-state index contributed by atoms with van der Waals surface area (Å²) < 4.78 is 11.1. The predicted molar refractivity (Wildman–Crippen MR) is 131 cm³/mol. The molecular weight excluding hydrogens is 400 g/mol. The first kappa shape index (κ1) is 27.2. The summed E-state index contributed by atoms with van der Waals surface area (Å²) in [7, 11) is 0. The van der Waals surface area contributed by atoms with Crippen LogP contribution < -0.4 is 0 Å². The second-order valence-electron chi connectivity index (χ2n) is 7.78. The minimum absolute atomic E-state index is 0.281. The standard InChI is InChI=1S/C21H24O4.C7H14/c1-3-10-19(25-21(23)18-13-8-5-9-14-18)15-16(2)24-20(22)17-11-6-4-7-12-17;1-3-5-7-6-4-2/h4-9,11-14,16,19H,3,10,15H2,1-2H3;3H,1,4-7H2,2H3. The summed E-state index contributed by atoms with van der Waals surface area (Å²) in [6.45, 7) is 9.69. The van der Waals surface area contributed by atoms with E-state index in [1.54, 1.807) is 48.5 Å². The molecular formula is C28H38O4. The molecule has 0 heterocycles. The average Bonchev–Trinajstić information content (AvgIpc) is 2.81. The highest BCUT2D eigenvalue weighted by molar-refractivity contribution is 5.90. The van der Waals surface area contributed by atoms with Gasteiger partial charge in [0.15, 0.2) is 0 Å². The predicted octanol–water partition coefficient (Wildman–Crippen LogP) is 7.40. The van der Waals surface area contributed by atoms with Gasteiger partial charge in [0.05, 0.1) is 11.1 Å². The smallest absolute Gasteiger partial charge is 0.338 e. The molecule has 0 saturated heterocycles. The lowest BCUT2D eigenvalue weighted by molar-refractivity contribution is 0.00162. The molecule has 0 aliphatic heterocycles. The van der Waals surface area contributed by atoms with E-state index in [9.17, 15) is 9.59 Å². The van der Waals surface area contributed by atoms with Crippen molar-refractivity contribution in [1.29, 1.82) is 0 Å². The summed E-state index contributed by atoms with van der Waals surface area (Å²) in [6.07, 6.45) is 8.62. The minimum atomic E-state index is -0.363. The molecule has 0 aliphatic rings. The molecule has 0 spiro atoms. The number of ether oxygens (including phenoxy) is 2. The van der Waals surface area contributed by atoms with Crippen molar-refractivity contribution in [2.24, 2.45) is 0 Å². The molecule has 4 heteroatoms. The zero-order chi connectivity index (χ0) is 23.6. The quantitative estimate of drug-likeness (QED) is 0.197. The maximum absolute atomic E-state index is 12.2. The van der Waals surface area contributed by atoms with Gasteiger partial charge in [-0.1, -0.05) is 75.6 Å². The van der Waals surface area contributed by atoms with Crippen molar-refractivity contribution in [3.63, 3.8) is 0 Å². The van der Waals surface area contributed by atoms with Crippen molar-refractivity contribution in [3.05, 3.63) is 84.4 Å². The maximum Gasteiger partial charge on any atom is 0.338 e. The number of carbonyl (C=O) groups is 2. The Morgan fingerprint density at radius 1 is 0.844 bits per heavy atom. The molecule has 0 aliphatic carbocycles. The monoisotopic (exact) mass is 438 g/mol. The fraction of sp³-hybridized carbons (Fsp3) is 0.429. The average molecular weight is 439 g/mol. The number of carbonyl (C=O) groups excluding carboxylic acids is 2. The first-order chi connectivity index (χ1) is 15.5. The van der Waals surface area contributed by atoms with E-state index in [2.05, 4.69) is 13.5 Å². The summed E-state index contributed by atoms with van der Waals surface area (Å²) in [5.74, 6) is -0.710. The molecule has 2 aromatic carbocycles. The van der Waals surface area contributed by atoms with Crippen molar-refractivity contribution in [1.82, 2.24) is 0 Å². The number of hydrogen-bond acceptors (Lipinski definition) is 4. The van der Waals surface area contributed by atoms with Gasteiger partial charge in [0, 0.05) is 6.42 Å². The zero-order valence-corrected chi connectivity index (χ0v) is 19.8. The van der Waals surface area contributed by atoms with Crippen LogP contribution in [-0.4, -0.2) is 24.1 Å². The number of esters is 2. The zero-order valence-electron chi connectivity index (χ0n) is 19.8. The third kappa shape index (κ3) is 11.5. The number of rotatable bonds is 12. The van der Waals surface area contributed by atoms with Gasteiger partial charge in [0.1, 0.15) is 12.2 Å². The highest BCUT2D eigenvalue weighted by Crippen LogP contribution is 2.16. The molecule has 0 radical (unpaired) electrons. The Kier molecular flexibility index (Phi) is 14.2. The number of benzene rings is 2. The molecule has 174 valence electrons. The first-order valence-corrected chi connectivity index (χ1v) is 11.6. The van der Waals surface area contributed by atoms with Gasteiger partial charge < -0.3 is 9.47 Å². The van der Waals surface area contributed by atoms with E-state index < -0.39 is 0 Å². The molecule has 2 rings (SSSR count). The second-order valence-corrected chi connectivity index (χ2v) is 7.78. The van der Waals surface area contributed by atoms with Crippen LogP contribution in [0.25, 0.3) is 0 Å². The Morgan fingerprint density at radius 2 is 1.38 bits per heavy atom. The first-order valence-electron chi connectivity index (χ1n) is 11.6. The van der Waals surface area contributed by atoms with E-state index in [1.807, 2.05) is 32.1 Å². The van der Waals surface area contributed by atoms with Crippen molar-refractivity contribution >= 4 is 11.9 Å². The van der Waals surface area contributed by atoms with E-state index >= 15 is 0 Å². The van der Waals surface area contributed by atoms with Crippen LogP contribution in [0.4, 0.5) is 0 Å². The Balaban J connectivity index is 0.000000633. The molecule has 2 unspecified atom stereocenters. The second kappa shape index (κ2) is 16.8. The third-order valence-corrected chi connectivity index (χ3v) is 4.82. The molecule has 4 nitrogen and oxygen atoms in total. The van der Waals surface area contributed by atoms with Crippen LogP contribution in [0.15, 0.2) is 73.3 Å². The van der Waals surface area contributed by atoms with Gasteiger partial charge in [-0.15, -0.1) is 6.58 Å². The van der Waals surface area contributed by atoms with Crippen LogP contribution in [0, 0.1) is 0 Å². The van der Waals surface area contributed by atoms with Crippen LogP contribution in [0.3, 0.4) is 0 Å². The van der Waals surface area contributed by atoms with Crippen LogP contribution in [0.1, 0.15) is 86.4 Å². The van der Waals surface area contributed by atoms with E-state index in [1.165, 1.54) is 25.7 Å². The molecule has 0 aromatic heterocycles. The fourth-order valence-corrected chi connectivity index (χ4v) is 3.12. The number of hydrogen-bond donors (Lipinski definition) is 0. The van der Waals surface area contributed by atoms with Crippen molar-refractivity contribution in [3.8, 4) is 0 Å².